The van der Waals surface area contributed by atoms with Crippen LogP contribution in [0.1, 0.15) is 6.42 Å². The van der Waals surface area contributed by atoms with Gasteiger partial charge in [0.15, 0.2) is 0 Å². The predicted molar refractivity (Wildman–Crippen MR) is 71.6 cm³/mol. The molecule has 0 spiro atoms. The molecule has 0 saturated carbocycles. The van der Waals surface area contributed by atoms with Crippen LogP contribution in [0, 0.1) is 5.92 Å². The van der Waals surface area contributed by atoms with Crippen LogP contribution in [-0.2, 0) is 0 Å². The van der Waals surface area contributed by atoms with Gasteiger partial charge in [0.1, 0.15) is 4.47 Å². The van der Waals surface area contributed by atoms with Crippen molar-refractivity contribution in [2.75, 3.05) is 31.5 Å². The molecule has 1 aromatic rings. The van der Waals surface area contributed by atoms with Gasteiger partial charge in [-0.2, -0.15) is 18.3 Å². The first-order valence-electron chi connectivity index (χ1n) is 6.11. The maximum Gasteiger partial charge on any atom is 0.401 e. The summed E-state index contributed by atoms with van der Waals surface area (Å²) in [6, 6.07) is 0. The van der Waals surface area contributed by atoms with Crippen molar-refractivity contribution in [3.8, 4) is 0 Å². The quantitative estimate of drug-likeness (QED) is 0.865. The maximum absolute atomic E-state index is 12.3. The Bertz CT molecular complexity index is 519. The van der Waals surface area contributed by atoms with Gasteiger partial charge in [-0.25, -0.2) is 5.10 Å². The zero-order chi connectivity index (χ0) is 14.8. The highest BCUT2D eigenvalue weighted by molar-refractivity contribution is 9.10. The number of halogens is 4. The van der Waals surface area contributed by atoms with Gasteiger partial charge in [-0.05, 0) is 34.8 Å². The molecule has 0 amide bonds. The molecule has 20 heavy (non-hydrogen) atoms. The summed E-state index contributed by atoms with van der Waals surface area (Å²) in [6.45, 7) is 0.499. The van der Waals surface area contributed by atoms with Crippen molar-refractivity contribution in [2.45, 2.75) is 12.6 Å². The van der Waals surface area contributed by atoms with E-state index in [-0.39, 0.29) is 11.5 Å². The minimum Gasteiger partial charge on any atom is -0.382 e. The average Bonchev–Trinajstić information content (AvgIpc) is 2.76. The van der Waals surface area contributed by atoms with E-state index in [9.17, 15) is 18.0 Å². The smallest absolute Gasteiger partial charge is 0.382 e. The van der Waals surface area contributed by atoms with Crippen LogP contribution >= 0.6 is 15.9 Å². The molecule has 5 nitrogen and oxygen atoms in total. The Hall–Kier alpha value is -1.09. The molecule has 1 aliphatic heterocycles. The Labute approximate surface area is 121 Å². The highest BCUT2D eigenvalue weighted by atomic mass is 79.9. The van der Waals surface area contributed by atoms with Crippen LogP contribution in [-0.4, -0.2) is 47.5 Å². The van der Waals surface area contributed by atoms with Gasteiger partial charge in [0.2, 0.25) is 0 Å². The first-order valence-corrected chi connectivity index (χ1v) is 6.90. The van der Waals surface area contributed by atoms with E-state index in [1.807, 2.05) is 0 Å². The van der Waals surface area contributed by atoms with E-state index in [4.69, 9.17) is 0 Å². The second-order valence-corrected chi connectivity index (χ2v) is 5.61. The monoisotopic (exact) mass is 354 g/mol. The molecule has 0 radical (unpaired) electrons. The van der Waals surface area contributed by atoms with E-state index in [0.29, 0.717) is 36.2 Å². The maximum atomic E-state index is 12.3. The number of aromatic nitrogens is 2. The van der Waals surface area contributed by atoms with Crippen LogP contribution in [0.5, 0.6) is 0 Å². The van der Waals surface area contributed by atoms with Crippen molar-refractivity contribution < 1.29 is 13.2 Å². The van der Waals surface area contributed by atoms with Gasteiger partial charge in [-0.3, -0.25) is 9.69 Å². The Kier molecular flexibility index (Phi) is 4.69. The number of nitrogens with zero attached hydrogens (tertiary/aromatic N) is 2. The number of likely N-dealkylation sites (tertiary alicyclic amines) is 1. The SMILES string of the molecule is O=c1[nH]ncc(NCC2CCN(CC(F)(F)F)C2)c1Br. The summed E-state index contributed by atoms with van der Waals surface area (Å²) < 4.78 is 37.2. The normalized spacial score (nSPS) is 20.3. The van der Waals surface area contributed by atoms with Crippen molar-refractivity contribution in [1.29, 1.82) is 0 Å². The number of hydrogen-bond donors (Lipinski definition) is 2. The second-order valence-electron chi connectivity index (χ2n) is 4.81. The van der Waals surface area contributed by atoms with Crippen LogP contribution in [0.25, 0.3) is 0 Å². The van der Waals surface area contributed by atoms with Gasteiger partial charge in [0.25, 0.3) is 5.56 Å². The second kappa shape index (κ2) is 6.13. The number of rotatable bonds is 4. The number of aromatic amines is 1. The molecule has 9 heteroatoms. The summed E-state index contributed by atoms with van der Waals surface area (Å²) in [5.74, 6) is 0.128. The first-order chi connectivity index (χ1) is 9.35. The number of hydrogen-bond acceptors (Lipinski definition) is 4. The zero-order valence-corrected chi connectivity index (χ0v) is 12.1. The lowest BCUT2D eigenvalue weighted by molar-refractivity contribution is -0.143. The Morgan fingerprint density at radius 1 is 1.55 bits per heavy atom. The third kappa shape index (κ3) is 4.20. The molecule has 1 atom stereocenters. The van der Waals surface area contributed by atoms with Gasteiger partial charge in [0.05, 0.1) is 18.4 Å². The van der Waals surface area contributed by atoms with Crippen molar-refractivity contribution in [1.82, 2.24) is 15.1 Å². The van der Waals surface area contributed by atoms with E-state index in [1.54, 1.807) is 0 Å². The zero-order valence-electron chi connectivity index (χ0n) is 10.5. The van der Waals surface area contributed by atoms with E-state index >= 15 is 0 Å². The molecular formula is C11H14BrF3N4O. The van der Waals surface area contributed by atoms with E-state index in [0.717, 1.165) is 0 Å². The summed E-state index contributed by atoms with van der Waals surface area (Å²) >= 11 is 3.14. The van der Waals surface area contributed by atoms with E-state index in [2.05, 4.69) is 31.4 Å². The van der Waals surface area contributed by atoms with Crippen LogP contribution in [0.2, 0.25) is 0 Å². The van der Waals surface area contributed by atoms with E-state index in [1.165, 1.54) is 11.1 Å². The molecule has 112 valence electrons. The molecule has 2 N–H and O–H groups in total. The van der Waals surface area contributed by atoms with Crippen molar-refractivity contribution >= 4 is 21.6 Å². The predicted octanol–water partition coefficient (Wildman–Crippen LogP) is 1.83. The van der Waals surface area contributed by atoms with Crippen LogP contribution in [0.3, 0.4) is 0 Å². The van der Waals surface area contributed by atoms with Crippen molar-refractivity contribution in [3.05, 3.63) is 21.0 Å². The molecule has 2 rings (SSSR count). The summed E-state index contributed by atoms with van der Waals surface area (Å²) in [7, 11) is 0. The largest absolute Gasteiger partial charge is 0.401 e. The third-order valence-corrected chi connectivity index (χ3v) is 3.94. The Morgan fingerprint density at radius 2 is 2.30 bits per heavy atom. The van der Waals surface area contributed by atoms with Gasteiger partial charge in [-0.15, -0.1) is 0 Å². The number of H-pyrrole nitrogens is 1. The molecule has 0 bridgehead atoms. The summed E-state index contributed by atoms with van der Waals surface area (Å²) in [5.41, 5.74) is 0.197. The number of anilines is 1. The highest BCUT2D eigenvalue weighted by Crippen LogP contribution is 2.23. The van der Waals surface area contributed by atoms with Crippen LogP contribution in [0.15, 0.2) is 15.5 Å². The molecule has 1 unspecified atom stereocenters. The fourth-order valence-electron chi connectivity index (χ4n) is 2.24. The lowest BCUT2D eigenvalue weighted by Crippen LogP contribution is -2.33. The number of nitrogens with one attached hydrogen (secondary N) is 2. The molecule has 0 aliphatic carbocycles. The Balaban J connectivity index is 1.84. The van der Waals surface area contributed by atoms with Gasteiger partial charge >= 0.3 is 6.18 Å². The fourth-order valence-corrected chi connectivity index (χ4v) is 2.57. The summed E-state index contributed by atoms with van der Waals surface area (Å²) in [6.07, 6.45) is -1.98. The van der Waals surface area contributed by atoms with Gasteiger partial charge in [0, 0.05) is 13.1 Å². The topological polar surface area (TPSA) is 61.0 Å². The Morgan fingerprint density at radius 3 is 3.00 bits per heavy atom. The van der Waals surface area contributed by atoms with Crippen molar-refractivity contribution in [3.63, 3.8) is 0 Å². The van der Waals surface area contributed by atoms with Gasteiger partial charge < -0.3 is 5.32 Å². The number of alkyl halides is 3. The molecule has 1 saturated heterocycles. The minimum absolute atomic E-state index is 0.128. The molecule has 1 aromatic heterocycles. The highest BCUT2D eigenvalue weighted by Gasteiger charge is 2.34. The molecule has 2 heterocycles. The lowest BCUT2D eigenvalue weighted by atomic mass is 10.1. The van der Waals surface area contributed by atoms with Crippen molar-refractivity contribution in [2.24, 2.45) is 5.92 Å². The minimum atomic E-state index is -4.15. The lowest BCUT2D eigenvalue weighted by Gasteiger charge is -2.18. The molecular weight excluding hydrogens is 341 g/mol. The third-order valence-electron chi connectivity index (χ3n) is 3.15. The van der Waals surface area contributed by atoms with Crippen LogP contribution in [0.4, 0.5) is 18.9 Å². The fraction of sp³-hybridized carbons (Fsp3) is 0.636. The standard InChI is InChI=1S/C11H14BrF3N4O/c12-9-8(4-17-18-10(9)20)16-3-7-1-2-19(5-7)6-11(13,14)15/h4,7H,1-3,5-6H2,(H2,16,18,20). The average molecular weight is 355 g/mol. The molecule has 1 fully saturated rings. The first kappa shape index (κ1) is 15.3. The molecule has 0 aromatic carbocycles. The molecule has 1 aliphatic rings. The van der Waals surface area contributed by atoms with Crippen LogP contribution < -0.4 is 10.9 Å². The summed E-state index contributed by atoms with van der Waals surface area (Å²) in [4.78, 5) is 12.7. The van der Waals surface area contributed by atoms with Gasteiger partial charge in [-0.1, -0.05) is 0 Å². The van der Waals surface area contributed by atoms with E-state index < -0.39 is 12.7 Å². The summed E-state index contributed by atoms with van der Waals surface area (Å²) in [5, 5.41) is 8.98.